The van der Waals surface area contributed by atoms with Gasteiger partial charge in [-0.3, -0.25) is 10.1 Å². The monoisotopic (exact) mass is 263 g/mol. The van der Waals surface area contributed by atoms with Gasteiger partial charge in [0.05, 0.1) is 10.5 Å². The fourth-order valence-corrected chi connectivity index (χ4v) is 2.48. The lowest BCUT2D eigenvalue weighted by molar-refractivity contribution is -0.384. The first-order valence-electron chi connectivity index (χ1n) is 6.53. The van der Waals surface area contributed by atoms with Gasteiger partial charge in [0.25, 0.3) is 5.69 Å². The van der Waals surface area contributed by atoms with Crippen LogP contribution in [0, 0.1) is 16.0 Å². The molecule has 1 aliphatic carbocycles. The van der Waals surface area contributed by atoms with Crippen LogP contribution in [0.5, 0.6) is 0 Å². The third-order valence-corrected chi connectivity index (χ3v) is 3.67. The van der Waals surface area contributed by atoms with E-state index < -0.39 is 10.9 Å². The first-order valence-corrected chi connectivity index (χ1v) is 6.53. The Morgan fingerprint density at radius 1 is 1.32 bits per heavy atom. The van der Waals surface area contributed by atoms with Crippen molar-refractivity contribution < 1.29 is 14.5 Å². The molecule has 19 heavy (non-hydrogen) atoms. The fraction of sp³-hybridized carbons (Fsp3) is 0.500. The minimum absolute atomic E-state index is 0.0274. The summed E-state index contributed by atoms with van der Waals surface area (Å²) in [5.41, 5.74) is 0.329. The molecule has 5 heteroatoms. The number of rotatable bonds is 4. The second-order valence-corrected chi connectivity index (χ2v) is 4.96. The molecule has 0 heterocycles. The second kappa shape index (κ2) is 5.82. The summed E-state index contributed by atoms with van der Waals surface area (Å²) in [4.78, 5) is 21.9. The summed E-state index contributed by atoms with van der Waals surface area (Å²) in [7, 11) is 0. The van der Waals surface area contributed by atoms with Gasteiger partial charge >= 0.3 is 5.97 Å². The lowest BCUT2D eigenvalue weighted by atomic mass is 10.0. The van der Waals surface area contributed by atoms with Gasteiger partial charge in [-0.25, -0.2) is 4.79 Å². The first-order chi connectivity index (χ1) is 9.08. The molecule has 1 aromatic rings. The molecule has 0 aromatic heterocycles. The highest BCUT2D eigenvalue weighted by Crippen LogP contribution is 2.29. The highest BCUT2D eigenvalue weighted by atomic mass is 16.6. The molecule has 1 saturated carbocycles. The predicted molar refractivity (Wildman–Crippen MR) is 69.9 cm³/mol. The standard InChI is InChI=1S/C14H17NO4/c1-10(11-4-2-3-5-11)19-14(16)12-6-8-13(9-7-12)15(17)18/h6-11H,2-5H2,1H3/t10-/m0/s1. The number of benzene rings is 1. The molecule has 0 spiro atoms. The predicted octanol–water partition coefficient (Wildman–Crippen LogP) is 3.33. The van der Waals surface area contributed by atoms with Gasteiger partial charge in [0.2, 0.25) is 0 Å². The molecule has 0 radical (unpaired) electrons. The highest BCUT2D eigenvalue weighted by Gasteiger charge is 2.24. The SMILES string of the molecule is C[C@H](OC(=O)c1ccc([N+](=O)[O-])cc1)C1CCCC1. The Kier molecular flexibility index (Phi) is 4.14. The summed E-state index contributed by atoms with van der Waals surface area (Å²) in [6, 6.07) is 5.50. The van der Waals surface area contributed by atoms with Crippen molar-refractivity contribution in [3.8, 4) is 0 Å². The Morgan fingerprint density at radius 3 is 2.42 bits per heavy atom. The zero-order valence-corrected chi connectivity index (χ0v) is 10.9. The third-order valence-electron chi connectivity index (χ3n) is 3.67. The van der Waals surface area contributed by atoms with E-state index in [2.05, 4.69) is 0 Å². The van der Waals surface area contributed by atoms with Crippen LogP contribution in [-0.4, -0.2) is 17.0 Å². The van der Waals surface area contributed by atoms with Crippen molar-refractivity contribution in [3.63, 3.8) is 0 Å². The van der Waals surface area contributed by atoms with Crippen LogP contribution in [0.2, 0.25) is 0 Å². The molecule has 5 nitrogen and oxygen atoms in total. The number of non-ortho nitro benzene ring substituents is 1. The van der Waals surface area contributed by atoms with Crippen molar-refractivity contribution in [2.75, 3.05) is 0 Å². The number of nitrogens with zero attached hydrogens (tertiary/aromatic N) is 1. The summed E-state index contributed by atoms with van der Waals surface area (Å²) in [5, 5.41) is 10.5. The third kappa shape index (κ3) is 3.30. The highest BCUT2D eigenvalue weighted by molar-refractivity contribution is 5.89. The number of nitro groups is 1. The maximum absolute atomic E-state index is 11.9. The van der Waals surface area contributed by atoms with Crippen LogP contribution in [0.25, 0.3) is 0 Å². The van der Waals surface area contributed by atoms with Gasteiger partial charge in [-0.2, -0.15) is 0 Å². The van der Waals surface area contributed by atoms with E-state index in [1.54, 1.807) is 0 Å². The van der Waals surface area contributed by atoms with E-state index >= 15 is 0 Å². The average molecular weight is 263 g/mol. The Labute approximate surface area is 111 Å². The number of ether oxygens (including phenoxy) is 1. The summed E-state index contributed by atoms with van der Waals surface area (Å²) in [6.07, 6.45) is 4.52. The van der Waals surface area contributed by atoms with E-state index in [1.807, 2.05) is 6.92 Å². The van der Waals surface area contributed by atoms with E-state index in [0.717, 1.165) is 12.8 Å². The molecule has 2 rings (SSSR count). The number of hydrogen-bond acceptors (Lipinski definition) is 4. The van der Waals surface area contributed by atoms with Crippen molar-refractivity contribution in [1.29, 1.82) is 0 Å². The minimum atomic E-state index is -0.490. The molecule has 1 atom stereocenters. The van der Waals surface area contributed by atoms with E-state index in [1.165, 1.54) is 37.1 Å². The first kappa shape index (κ1) is 13.5. The Balaban J connectivity index is 1.97. The van der Waals surface area contributed by atoms with E-state index in [9.17, 15) is 14.9 Å². The summed E-state index contributed by atoms with van der Waals surface area (Å²) in [5.74, 6) is 0.0382. The van der Waals surface area contributed by atoms with Crippen LogP contribution in [0.4, 0.5) is 5.69 Å². The van der Waals surface area contributed by atoms with Crippen LogP contribution in [0.1, 0.15) is 43.0 Å². The van der Waals surface area contributed by atoms with Gasteiger partial charge < -0.3 is 4.74 Å². The number of carbonyl (C=O) groups is 1. The quantitative estimate of drug-likeness (QED) is 0.474. The average Bonchev–Trinajstić information content (AvgIpc) is 2.92. The van der Waals surface area contributed by atoms with E-state index in [0.29, 0.717) is 11.5 Å². The van der Waals surface area contributed by atoms with Crippen LogP contribution in [-0.2, 0) is 4.74 Å². The van der Waals surface area contributed by atoms with Crippen molar-refractivity contribution >= 4 is 11.7 Å². The number of esters is 1. The topological polar surface area (TPSA) is 69.4 Å². The maximum Gasteiger partial charge on any atom is 0.338 e. The Hall–Kier alpha value is -1.91. The molecular formula is C14H17NO4. The van der Waals surface area contributed by atoms with Crippen molar-refractivity contribution in [1.82, 2.24) is 0 Å². The molecular weight excluding hydrogens is 246 g/mol. The number of hydrogen-bond donors (Lipinski definition) is 0. The Bertz CT molecular complexity index is 463. The second-order valence-electron chi connectivity index (χ2n) is 4.96. The maximum atomic E-state index is 11.9. The van der Waals surface area contributed by atoms with Crippen molar-refractivity contribution in [2.24, 2.45) is 5.92 Å². The number of carbonyl (C=O) groups excluding carboxylic acids is 1. The smallest absolute Gasteiger partial charge is 0.338 e. The minimum Gasteiger partial charge on any atom is -0.459 e. The largest absolute Gasteiger partial charge is 0.459 e. The summed E-state index contributed by atoms with van der Waals surface area (Å²) < 4.78 is 5.41. The van der Waals surface area contributed by atoms with Gasteiger partial charge in [-0.05, 0) is 37.8 Å². The van der Waals surface area contributed by atoms with Gasteiger partial charge in [0.1, 0.15) is 6.10 Å². The summed E-state index contributed by atoms with van der Waals surface area (Å²) >= 11 is 0. The van der Waals surface area contributed by atoms with Crippen LogP contribution < -0.4 is 0 Å². The lowest BCUT2D eigenvalue weighted by Crippen LogP contribution is -2.22. The lowest BCUT2D eigenvalue weighted by Gasteiger charge is -2.19. The molecule has 0 aliphatic heterocycles. The van der Waals surface area contributed by atoms with Crippen molar-refractivity contribution in [3.05, 3.63) is 39.9 Å². The van der Waals surface area contributed by atoms with Crippen LogP contribution in [0.15, 0.2) is 24.3 Å². The van der Waals surface area contributed by atoms with Gasteiger partial charge in [-0.15, -0.1) is 0 Å². The summed E-state index contributed by atoms with van der Waals surface area (Å²) in [6.45, 7) is 1.92. The van der Waals surface area contributed by atoms with Crippen molar-refractivity contribution in [2.45, 2.75) is 38.7 Å². The van der Waals surface area contributed by atoms with Crippen LogP contribution in [0.3, 0.4) is 0 Å². The van der Waals surface area contributed by atoms with Gasteiger partial charge in [0.15, 0.2) is 0 Å². The molecule has 0 unspecified atom stereocenters. The molecule has 1 aromatic carbocycles. The molecule has 0 N–H and O–H groups in total. The van der Waals surface area contributed by atoms with Gasteiger partial charge in [0, 0.05) is 12.1 Å². The molecule has 1 aliphatic rings. The fourth-order valence-electron chi connectivity index (χ4n) is 2.48. The van der Waals surface area contributed by atoms with E-state index in [-0.39, 0.29) is 11.8 Å². The number of nitro benzene ring substituents is 1. The zero-order valence-electron chi connectivity index (χ0n) is 10.9. The normalized spacial score (nSPS) is 17.1. The molecule has 102 valence electrons. The Morgan fingerprint density at radius 2 is 1.89 bits per heavy atom. The van der Waals surface area contributed by atoms with Gasteiger partial charge in [-0.1, -0.05) is 12.8 Å². The molecule has 0 bridgehead atoms. The molecule has 0 saturated heterocycles. The molecule has 0 amide bonds. The van der Waals surface area contributed by atoms with Crippen LogP contribution >= 0.6 is 0 Å². The zero-order chi connectivity index (χ0) is 13.8. The van der Waals surface area contributed by atoms with E-state index in [4.69, 9.17) is 4.74 Å². The molecule has 1 fully saturated rings.